The van der Waals surface area contributed by atoms with Gasteiger partial charge in [0.05, 0.1) is 24.7 Å². The molecule has 2 saturated heterocycles. The van der Waals surface area contributed by atoms with Crippen molar-refractivity contribution in [2.75, 3.05) is 6.54 Å². The first-order valence-corrected chi connectivity index (χ1v) is 8.01. The van der Waals surface area contributed by atoms with Crippen molar-refractivity contribution in [1.82, 2.24) is 5.32 Å². The monoisotopic (exact) mass is 307 g/mol. The van der Waals surface area contributed by atoms with Crippen LogP contribution in [0.2, 0.25) is 0 Å². The lowest BCUT2D eigenvalue weighted by atomic mass is 9.88. The number of carbonyl (C=O) groups excluding carboxylic acids is 1. The van der Waals surface area contributed by atoms with Crippen LogP contribution in [0.25, 0.3) is 0 Å². The van der Waals surface area contributed by atoms with Crippen LogP contribution in [0.15, 0.2) is 24.3 Å². The highest BCUT2D eigenvalue weighted by Gasteiger charge is 2.44. The number of hydrogen-bond acceptors (Lipinski definition) is 3. The predicted octanol–water partition coefficient (Wildman–Crippen LogP) is 2.67. The van der Waals surface area contributed by atoms with Crippen molar-refractivity contribution in [3.05, 3.63) is 30.1 Å². The number of ether oxygens (including phenoxy) is 2. The molecule has 1 amide bonds. The summed E-state index contributed by atoms with van der Waals surface area (Å²) in [6, 6.07) is 6.07. The molecule has 1 aromatic carbocycles. The molecule has 0 saturated carbocycles. The zero-order valence-corrected chi connectivity index (χ0v) is 12.8. The molecule has 0 radical (unpaired) electrons. The van der Waals surface area contributed by atoms with Gasteiger partial charge in [-0.25, -0.2) is 4.39 Å². The van der Waals surface area contributed by atoms with Crippen LogP contribution in [0.4, 0.5) is 4.39 Å². The van der Waals surface area contributed by atoms with Gasteiger partial charge >= 0.3 is 0 Å². The molecular weight excluding hydrogens is 285 g/mol. The second-order valence-corrected chi connectivity index (χ2v) is 6.07. The fraction of sp³-hybridized carbons (Fsp3) is 0.588. The lowest BCUT2D eigenvalue weighted by Gasteiger charge is -2.21. The van der Waals surface area contributed by atoms with E-state index in [2.05, 4.69) is 5.32 Å². The van der Waals surface area contributed by atoms with E-state index in [0.717, 1.165) is 25.7 Å². The van der Waals surface area contributed by atoms with E-state index >= 15 is 0 Å². The second-order valence-electron chi connectivity index (χ2n) is 6.07. The molecule has 2 bridgehead atoms. The molecule has 4 nitrogen and oxygen atoms in total. The zero-order valence-electron chi connectivity index (χ0n) is 12.8. The van der Waals surface area contributed by atoms with Crippen molar-refractivity contribution in [3.63, 3.8) is 0 Å². The minimum atomic E-state index is -0.324. The minimum absolute atomic E-state index is 0.0228. The predicted molar refractivity (Wildman–Crippen MR) is 80.1 cm³/mol. The summed E-state index contributed by atoms with van der Waals surface area (Å²) in [6.45, 7) is 2.41. The summed E-state index contributed by atoms with van der Waals surface area (Å²) in [5.41, 5.74) is 0. The van der Waals surface area contributed by atoms with Gasteiger partial charge in [-0.1, -0.05) is 13.0 Å². The SMILES string of the molecule is CC[C@H](CNC(=O)[C@@H]1C[C@H]2CC[C@H]1O2)Oc1cccc(F)c1. The maximum atomic E-state index is 13.2. The first kappa shape index (κ1) is 15.3. The van der Waals surface area contributed by atoms with E-state index in [1.54, 1.807) is 12.1 Å². The molecule has 5 heteroatoms. The van der Waals surface area contributed by atoms with E-state index in [1.807, 2.05) is 6.92 Å². The van der Waals surface area contributed by atoms with E-state index in [4.69, 9.17) is 9.47 Å². The molecule has 1 N–H and O–H groups in total. The van der Waals surface area contributed by atoms with Gasteiger partial charge in [-0.3, -0.25) is 4.79 Å². The van der Waals surface area contributed by atoms with Crippen LogP contribution in [0.1, 0.15) is 32.6 Å². The van der Waals surface area contributed by atoms with Crippen LogP contribution in [-0.2, 0) is 9.53 Å². The second kappa shape index (κ2) is 6.65. The highest BCUT2D eigenvalue weighted by atomic mass is 19.1. The summed E-state index contributed by atoms with van der Waals surface area (Å²) in [5.74, 6) is 0.193. The minimum Gasteiger partial charge on any atom is -0.489 e. The van der Waals surface area contributed by atoms with Crippen molar-refractivity contribution in [1.29, 1.82) is 0 Å². The van der Waals surface area contributed by atoms with E-state index in [-0.39, 0.29) is 36.0 Å². The Balaban J connectivity index is 1.49. The third-order valence-electron chi connectivity index (χ3n) is 4.50. The topological polar surface area (TPSA) is 47.6 Å². The first-order chi connectivity index (χ1) is 10.7. The number of hydrogen-bond donors (Lipinski definition) is 1. The molecule has 2 aliphatic heterocycles. The van der Waals surface area contributed by atoms with Crippen molar-refractivity contribution in [2.24, 2.45) is 5.92 Å². The summed E-state index contributed by atoms with van der Waals surface area (Å²) >= 11 is 0. The third-order valence-corrected chi connectivity index (χ3v) is 4.50. The Morgan fingerprint density at radius 1 is 1.50 bits per heavy atom. The number of halogens is 1. The molecule has 2 aliphatic rings. The van der Waals surface area contributed by atoms with Gasteiger partial charge in [0, 0.05) is 6.07 Å². The summed E-state index contributed by atoms with van der Waals surface area (Å²) in [7, 11) is 0. The quantitative estimate of drug-likeness (QED) is 0.879. The molecule has 22 heavy (non-hydrogen) atoms. The van der Waals surface area contributed by atoms with Gasteiger partial charge in [0.1, 0.15) is 17.7 Å². The number of rotatable bonds is 6. The Kier molecular flexibility index (Phi) is 4.62. The Hall–Kier alpha value is -1.62. The summed E-state index contributed by atoms with van der Waals surface area (Å²) in [4.78, 5) is 12.3. The number of nitrogens with one attached hydrogen (secondary N) is 1. The molecule has 0 aromatic heterocycles. The van der Waals surface area contributed by atoms with Gasteiger partial charge in [0.15, 0.2) is 0 Å². The Morgan fingerprint density at radius 2 is 2.36 bits per heavy atom. The van der Waals surface area contributed by atoms with E-state index in [1.165, 1.54) is 12.1 Å². The number of amides is 1. The van der Waals surface area contributed by atoms with Crippen LogP contribution in [0.3, 0.4) is 0 Å². The van der Waals surface area contributed by atoms with Crippen molar-refractivity contribution in [3.8, 4) is 5.75 Å². The molecule has 0 aliphatic carbocycles. The maximum Gasteiger partial charge on any atom is 0.225 e. The molecule has 0 spiro atoms. The van der Waals surface area contributed by atoms with Crippen LogP contribution in [-0.4, -0.2) is 30.8 Å². The van der Waals surface area contributed by atoms with Crippen molar-refractivity contribution < 1.29 is 18.7 Å². The molecule has 120 valence electrons. The largest absolute Gasteiger partial charge is 0.489 e. The maximum absolute atomic E-state index is 13.2. The van der Waals surface area contributed by atoms with Crippen LogP contribution >= 0.6 is 0 Å². The summed E-state index contributed by atoms with van der Waals surface area (Å²) in [6.07, 6.45) is 3.84. The highest BCUT2D eigenvalue weighted by molar-refractivity contribution is 5.79. The van der Waals surface area contributed by atoms with E-state index in [9.17, 15) is 9.18 Å². The molecule has 1 aromatic rings. The van der Waals surface area contributed by atoms with Gasteiger partial charge in [-0.05, 0) is 37.8 Å². The third kappa shape index (κ3) is 3.40. The molecule has 2 fully saturated rings. The molecule has 3 rings (SSSR count). The smallest absolute Gasteiger partial charge is 0.225 e. The Bertz CT molecular complexity index is 536. The molecule has 0 unspecified atom stereocenters. The normalized spacial score (nSPS) is 27.6. The Labute approximate surface area is 130 Å². The lowest BCUT2D eigenvalue weighted by molar-refractivity contribution is -0.126. The average molecular weight is 307 g/mol. The van der Waals surface area contributed by atoms with Gasteiger partial charge < -0.3 is 14.8 Å². The van der Waals surface area contributed by atoms with E-state index < -0.39 is 0 Å². The van der Waals surface area contributed by atoms with Crippen LogP contribution < -0.4 is 10.1 Å². The standard InChI is InChI=1S/C17H22FNO3/c1-2-12(21-13-5-3-4-11(18)8-13)10-19-17(20)15-9-14-6-7-16(15)22-14/h3-5,8,12,14-16H,2,6-7,9-10H2,1H3,(H,19,20)/t12-,14-,15-,16-/m1/s1. The number of benzene rings is 1. The van der Waals surface area contributed by atoms with Gasteiger partial charge in [0.25, 0.3) is 0 Å². The van der Waals surface area contributed by atoms with Crippen molar-refractivity contribution >= 4 is 5.91 Å². The van der Waals surface area contributed by atoms with Crippen molar-refractivity contribution in [2.45, 2.75) is 50.9 Å². The lowest BCUT2D eigenvalue weighted by Crippen LogP contribution is -2.41. The molecule has 4 atom stereocenters. The fourth-order valence-corrected chi connectivity index (χ4v) is 3.26. The van der Waals surface area contributed by atoms with Crippen LogP contribution in [0, 0.1) is 11.7 Å². The zero-order chi connectivity index (χ0) is 15.5. The van der Waals surface area contributed by atoms with Gasteiger partial charge in [0.2, 0.25) is 5.91 Å². The first-order valence-electron chi connectivity index (χ1n) is 8.01. The molecule has 2 heterocycles. The summed E-state index contributed by atoms with van der Waals surface area (Å²) in [5, 5.41) is 2.96. The fourth-order valence-electron chi connectivity index (χ4n) is 3.26. The summed E-state index contributed by atoms with van der Waals surface area (Å²) < 4.78 is 24.6. The number of carbonyl (C=O) groups is 1. The average Bonchev–Trinajstić information content (AvgIpc) is 3.14. The van der Waals surface area contributed by atoms with Crippen LogP contribution in [0.5, 0.6) is 5.75 Å². The Morgan fingerprint density at radius 3 is 3.00 bits per heavy atom. The highest BCUT2D eigenvalue weighted by Crippen LogP contribution is 2.38. The van der Waals surface area contributed by atoms with Gasteiger partial charge in [-0.15, -0.1) is 0 Å². The number of fused-ring (bicyclic) bond motifs is 2. The molecular formula is C17H22FNO3. The van der Waals surface area contributed by atoms with E-state index in [0.29, 0.717) is 12.3 Å². The van der Waals surface area contributed by atoms with Gasteiger partial charge in [-0.2, -0.15) is 0 Å².